The van der Waals surface area contributed by atoms with E-state index in [9.17, 15) is 14.4 Å². The molecule has 0 heterocycles. The van der Waals surface area contributed by atoms with Crippen molar-refractivity contribution in [3.8, 4) is 11.5 Å². The standard InChI is InChI=1S/C17H14O6/c1-10(18)12-7-5-9-15(16(12)11(2)19)23-22-14-8-4-3-6-13(14)17(20)21/h3-9H,1-2H3,(H,20,21). The normalized spacial score (nSPS) is 10.0. The number of carboxylic acids is 1. The highest BCUT2D eigenvalue weighted by atomic mass is 17.2. The number of Topliss-reactive ketones (excluding diaryl/α,β-unsaturated/α-hetero) is 2. The van der Waals surface area contributed by atoms with Gasteiger partial charge in [-0.05, 0) is 32.0 Å². The van der Waals surface area contributed by atoms with Crippen LogP contribution in [0.3, 0.4) is 0 Å². The van der Waals surface area contributed by atoms with Gasteiger partial charge in [-0.15, -0.1) is 0 Å². The fraction of sp³-hybridized carbons (Fsp3) is 0.118. The molecule has 23 heavy (non-hydrogen) atoms. The second-order valence-electron chi connectivity index (χ2n) is 4.76. The molecule has 2 rings (SSSR count). The molecule has 0 amide bonds. The van der Waals surface area contributed by atoms with Gasteiger partial charge >= 0.3 is 5.97 Å². The molecule has 0 saturated carbocycles. The first kappa shape index (κ1) is 16.2. The predicted octanol–water partition coefficient (Wildman–Crippen LogP) is 3.16. The first-order valence-electron chi connectivity index (χ1n) is 6.73. The predicted molar refractivity (Wildman–Crippen MR) is 81.1 cm³/mol. The van der Waals surface area contributed by atoms with Crippen LogP contribution in [-0.2, 0) is 0 Å². The Kier molecular flexibility index (Phi) is 4.75. The zero-order valence-corrected chi connectivity index (χ0v) is 12.5. The van der Waals surface area contributed by atoms with Gasteiger partial charge in [-0.1, -0.05) is 24.3 Å². The zero-order chi connectivity index (χ0) is 17.0. The molecule has 2 aromatic rings. The van der Waals surface area contributed by atoms with E-state index in [-0.39, 0.29) is 39.8 Å². The highest BCUT2D eigenvalue weighted by Gasteiger charge is 2.19. The van der Waals surface area contributed by atoms with Crippen molar-refractivity contribution >= 4 is 17.5 Å². The summed E-state index contributed by atoms with van der Waals surface area (Å²) in [6.45, 7) is 2.64. The summed E-state index contributed by atoms with van der Waals surface area (Å²) >= 11 is 0. The minimum absolute atomic E-state index is 0.0114. The van der Waals surface area contributed by atoms with E-state index in [0.29, 0.717) is 0 Å². The van der Waals surface area contributed by atoms with E-state index in [1.165, 1.54) is 38.1 Å². The van der Waals surface area contributed by atoms with Gasteiger partial charge in [0.2, 0.25) is 0 Å². The van der Waals surface area contributed by atoms with E-state index in [1.807, 2.05) is 0 Å². The Balaban J connectivity index is 2.35. The average molecular weight is 314 g/mol. The number of ketones is 2. The smallest absolute Gasteiger partial charge is 0.339 e. The van der Waals surface area contributed by atoms with E-state index < -0.39 is 5.97 Å². The van der Waals surface area contributed by atoms with Crippen LogP contribution in [0.5, 0.6) is 11.5 Å². The molecule has 0 unspecified atom stereocenters. The topological polar surface area (TPSA) is 89.9 Å². The van der Waals surface area contributed by atoms with Crippen molar-refractivity contribution in [1.82, 2.24) is 0 Å². The lowest BCUT2D eigenvalue weighted by molar-refractivity contribution is -0.101. The summed E-state index contributed by atoms with van der Waals surface area (Å²) in [5, 5.41) is 9.09. The summed E-state index contributed by atoms with van der Waals surface area (Å²) in [5.41, 5.74) is 0.220. The van der Waals surface area contributed by atoms with Crippen molar-refractivity contribution in [3.63, 3.8) is 0 Å². The molecule has 6 nitrogen and oxygen atoms in total. The quantitative estimate of drug-likeness (QED) is 0.500. The number of carboxylic acid groups (broad SMARTS) is 1. The molecule has 6 heteroatoms. The van der Waals surface area contributed by atoms with Gasteiger partial charge in [0.1, 0.15) is 5.56 Å². The van der Waals surface area contributed by atoms with Crippen molar-refractivity contribution in [3.05, 3.63) is 59.2 Å². The number of hydrogen-bond donors (Lipinski definition) is 1. The first-order valence-corrected chi connectivity index (χ1v) is 6.73. The third-order valence-electron chi connectivity index (χ3n) is 3.10. The highest BCUT2D eigenvalue weighted by Crippen LogP contribution is 2.26. The van der Waals surface area contributed by atoms with Crippen LogP contribution in [0.2, 0.25) is 0 Å². The Morgan fingerprint density at radius 2 is 1.35 bits per heavy atom. The molecule has 0 radical (unpaired) electrons. The summed E-state index contributed by atoms with van der Waals surface area (Å²) in [5.74, 6) is -1.78. The molecule has 118 valence electrons. The maximum atomic E-state index is 11.8. The summed E-state index contributed by atoms with van der Waals surface area (Å²) in [6, 6.07) is 10.4. The first-order chi connectivity index (χ1) is 10.9. The van der Waals surface area contributed by atoms with Crippen LogP contribution in [0.4, 0.5) is 0 Å². The van der Waals surface area contributed by atoms with Crippen LogP contribution in [0.1, 0.15) is 44.9 Å². The molecule has 0 aromatic heterocycles. The van der Waals surface area contributed by atoms with Crippen LogP contribution < -0.4 is 9.78 Å². The molecule has 0 spiro atoms. The summed E-state index contributed by atoms with van der Waals surface area (Å²) < 4.78 is 0. The minimum atomic E-state index is -1.17. The monoisotopic (exact) mass is 314 g/mol. The van der Waals surface area contributed by atoms with Crippen LogP contribution >= 0.6 is 0 Å². The Bertz CT molecular complexity index is 778. The summed E-state index contributed by atoms with van der Waals surface area (Å²) in [4.78, 5) is 44.7. The average Bonchev–Trinajstić information content (AvgIpc) is 2.52. The summed E-state index contributed by atoms with van der Waals surface area (Å²) in [6.07, 6.45) is 0. The molecule has 0 aliphatic carbocycles. The zero-order valence-electron chi connectivity index (χ0n) is 12.5. The van der Waals surface area contributed by atoms with E-state index in [1.54, 1.807) is 18.2 Å². The van der Waals surface area contributed by atoms with E-state index >= 15 is 0 Å². The second-order valence-corrected chi connectivity index (χ2v) is 4.76. The SMILES string of the molecule is CC(=O)c1cccc(OOc2ccccc2C(=O)O)c1C(C)=O. The van der Waals surface area contributed by atoms with E-state index in [4.69, 9.17) is 14.9 Å². The molecule has 0 saturated heterocycles. The lowest BCUT2D eigenvalue weighted by Gasteiger charge is -2.12. The van der Waals surface area contributed by atoms with Gasteiger partial charge < -0.3 is 5.11 Å². The third kappa shape index (κ3) is 3.55. The molecule has 1 N–H and O–H groups in total. The van der Waals surface area contributed by atoms with Crippen LogP contribution in [0.15, 0.2) is 42.5 Å². The maximum Gasteiger partial charge on any atom is 0.339 e. The van der Waals surface area contributed by atoms with Crippen LogP contribution in [0.25, 0.3) is 0 Å². The van der Waals surface area contributed by atoms with Crippen molar-refractivity contribution in [1.29, 1.82) is 0 Å². The molecular weight excluding hydrogens is 300 g/mol. The highest BCUT2D eigenvalue weighted by molar-refractivity contribution is 6.09. The Hall–Kier alpha value is -3.15. The van der Waals surface area contributed by atoms with Gasteiger partial charge in [0, 0.05) is 5.56 Å². The number of carbonyl (C=O) groups excluding carboxylic acids is 2. The lowest BCUT2D eigenvalue weighted by atomic mass is 10.0. The number of rotatable bonds is 6. The van der Waals surface area contributed by atoms with E-state index in [2.05, 4.69) is 0 Å². The van der Waals surface area contributed by atoms with Crippen molar-refractivity contribution < 1.29 is 29.3 Å². The number of aromatic carboxylic acids is 1. The number of benzene rings is 2. The number of carbonyl (C=O) groups is 3. The molecule has 2 aromatic carbocycles. The van der Waals surface area contributed by atoms with Crippen molar-refractivity contribution in [2.45, 2.75) is 13.8 Å². The molecule has 0 aliphatic rings. The Morgan fingerprint density at radius 3 is 1.96 bits per heavy atom. The van der Waals surface area contributed by atoms with Gasteiger partial charge in [0.25, 0.3) is 0 Å². The largest absolute Gasteiger partial charge is 0.478 e. The minimum Gasteiger partial charge on any atom is -0.478 e. The fourth-order valence-corrected chi connectivity index (χ4v) is 2.06. The lowest BCUT2D eigenvalue weighted by Crippen LogP contribution is -2.11. The molecule has 0 bridgehead atoms. The van der Waals surface area contributed by atoms with Crippen molar-refractivity contribution in [2.75, 3.05) is 0 Å². The third-order valence-corrected chi connectivity index (χ3v) is 3.10. The molecule has 0 atom stereocenters. The fourth-order valence-electron chi connectivity index (χ4n) is 2.06. The van der Waals surface area contributed by atoms with E-state index in [0.717, 1.165) is 0 Å². The molecule has 0 fully saturated rings. The van der Waals surface area contributed by atoms with Gasteiger partial charge in [-0.25, -0.2) is 4.79 Å². The maximum absolute atomic E-state index is 11.8. The second kappa shape index (κ2) is 6.74. The summed E-state index contributed by atoms with van der Waals surface area (Å²) in [7, 11) is 0. The molecular formula is C17H14O6. The van der Waals surface area contributed by atoms with Crippen molar-refractivity contribution in [2.24, 2.45) is 0 Å². The Labute approximate surface area is 132 Å². The van der Waals surface area contributed by atoms with Crippen LogP contribution in [0, 0.1) is 0 Å². The van der Waals surface area contributed by atoms with Gasteiger partial charge in [-0.2, -0.15) is 0 Å². The van der Waals surface area contributed by atoms with Gasteiger partial charge in [0.15, 0.2) is 23.1 Å². The number of para-hydroxylation sites is 1. The van der Waals surface area contributed by atoms with Crippen LogP contribution in [-0.4, -0.2) is 22.6 Å². The Morgan fingerprint density at radius 1 is 0.783 bits per heavy atom. The number of hydrogen-bond acceptors (Lipinski definition) is 5. The van der Waals surface area contributed by atoms with Gasteiger partial charge in [0.05, 0.1) is 5.56 Å². The van der Waals surface area contributed by atoms with Gasteiger partial charge in [-0.3, -0.25) is 19.4 Å². The molecule has 0 aliphatic heterocycles.